The topological polar surface area (TPSA) is 106 Å². The number of carbonyl (C=O) groups is 1. The van der Waals surface area contributed by atoms with E-state index >= 15 is 0 Å². The lowest BCUT2D eigenvalue weighted by molar-refractivity contribution is -0.0940. The summed E-state index contributed by atoms with van der Waals surface area (Å²) in [5, 5.41) is 0. The molecule has 3 rings (SSSR count). The molecule has 2 atom stereocenters. The first-order valence-electron chi connectivity index (χ1n) is 7.44. The summed E-state index contributed by atoms with van der Waals surface area (Å²) in [6.45, 7) is 0.568. The third kappa shape index (κ3) is 3.98. The Bertz CT molecular complexity index is 762. The van der Waals surface area contributed by atoms with Crippen LogP contribution in [0.15, 0.2) is 47.4 Å². The molecule has 0 unspecified atom stereocenters. The van der Waals surface area contributed by atoms with Gasteiger partial charge in [0.25, 0.3) is 0 Å². The van der Waals surface area contributed by atoms with Crippen molar-refractivity contribution in [3.8, 4) is 0 Å². The zero-order valence-corrected chi connectivity index (χ0v) is 12.8. The SMILES string of the molecule is Nc1ccn(C[C@H]2CO[C@@H](COC(=O)c3ccccc3)O2)c(=O)n1. The Kier molecular flexibility index (Phi) is 4.88. The van der Waals surface area contributed by atoms with E-state index in [9.17, 15) is 9.59 Å². The van der Waals surface area contributed by atoms with Crippen molar-refractivity contribution in [1.82, 2.24) is 9.55 Å². The fourth-order valence-electron chi connectivity index (χ4n) is 2.29. The van der Waals surface area contributed by atoms with E-state index in [1.807, 2.05) is 6.07 Å². The van der Waals surface area contributed by atoms with Crippen LogP contribution in [0, 0.1) is 0 Å². The number of hydrogen-bond donors (Lipinski definition) is 1. The van der Waals surface area contributed by atoms with Crippen LogP contribution in [-0.4, -0.2) is 41.1 Å². The quantitative estimate of drug-likeness (QED) is 0.792. The largest absolute Gasteiger partial charge is 0.457 e. The highest BCUT2D eigenvalue weighted by molar-refractivity contribution is 5.89. The third-order valence-corrected chi connectivity index (χ3v) is 3.47. The second-order valence-electron chi connectivity index (χ2n) is 5.27. The number of rotatable bonds is 5. The molecule has 0 bridgehead atoms. The lowest BCUT2D eigenvalue weighted by Crippen LogP contribution is -2.30. The van der Waals surface area contributed by atoms with Gasteiger partial charge < -0.3 is 19.9 Å². The molecule has 2 N–H and O–H groups in total. The van der Waals surface area contributed by atoms with Gasteiger partial charge in [-0.3, -0.25) is 4.57 Å². The molecule has 8 nitrogen and oxygen atoms in total. The van der Waals surface area contributed by atoms with Crippen molar-refractivity contribution in [3.63, 3.8) is 0 Å². The molecule has 1 aromatic heterocycles. The molecular formula is C16H17N3O5. The molecule has 1 fully saturated rings. The van der Waals surface area contributed by atoms with Crippen LogP contribution in [0.25, 0.3) is 0 Å². The van der Waals surface area contributed by atoms with Crippen molar-refractivity contribution < 1.29 is 19.0 Å². The first-order chi connectivity index (χ1) is 11.6. The summed E-state index contributed by atoms with van der Waals surface area (Å²) in [6.07, 6.45) is 0.574. The van der Waals surface area contributed by atoms with Crippen LogP contribution in [0.2, 0.25) is 0 Å². The Morgan fingerprint density at radius 1 is 1.33 bits per heavy atom. The Morgan fingerprint density at radius 2 is 2.12 bits per heavy atom. The van der Waals surface area contributed by atoms with Crippen LogP contribution in [0.1, 0.15) is 10.4 Å². The van der Waals surface area contributed by atoms with Crippen molar-refractivity contribution >= 4 is 11.8 Å². The number of nitrogen functional groups attached to an aromatic ring is 1. The number of benzene rings is 1. The zero-order valence-electron chi connectivity index (χ0n) is 12.8. The summed E-state index contributed by atoms with van der Waals surface area (Å²) >= 11 is 0. The van der Waals surface area contributed by atoms with E-state index < -0.39 is 17.9 Å². The smallest absolute Gasteiger partial charge is 0.349 e. The molecule has 2 heterocycles. The maximum absolute atomic E-state index is 11.9. The van der Waals surface area contributed by atoms with Gasteiger partial charge in [-0.05, 0) is 18.2 Å². The van der Waals surface area contributed by atoms with Crippen LogP contribution >= 0.6 is 0 Å². The molecule has 0 spiro atoms. The first-order valence-corrected chi connectivity index (χ1v) is 7.44. The summed E-state index contributed by atoms with van der Waals surface area (Å²) in [6, 6.07) is 10.2. The van der Waals surface area contributed by atoms with Gasteiger partial charge in [0.05, 0.1) is 18.7 Å². The van der Waals surface area contributed by atoms with E-state index in [0.29, 0.717) is 12.2 Å². The normalized spacial score (nSPS) is 20.0. The molecule has 8 heteroatoms. The maximum atomic E-state index is 11.9. The van der Waals surface area contributed by atoms with Crippen molar-refractivity contribution in [2.45, 2.75) is 18.9 Å². The fourth-order valence-corrected chi connectivity index (χ4v) is 2.29. The van der Waals surface area contributed by atoms with E-state index in [0.717, 1.165) is 0 Å². The average Bonchev–Trinajstić information content (AvgIpc) is 3.03. The number of nitrogens with two attached hydrogens (primary N) is 1. The fraction of sp³-hybridized carbons (Fsp3) is 0.312. The molecule has 1 aliphatic rings. The average molecular weight is 331 g/mol. The molecule has 2 aromatic rings. The summed E-state index contributed by atoms with van der Waals surface area (Å²) in [5.74, 6) is -0.268. The minimum Gasteiger partial charge on any atom is -0.457 e. The highest BCUT2D eigenvalue weighted by Crippen LogP contribution is 2.14. The maximum Gasteiger partial charge on any atom is 0.349 e. The van der Waals surface area contributed by atoms with E-state index in [1.165, 1.54) is 10.6 Å². The Hall–Kier alpha value is -2.71. The standard InChI is InChI=1S/C16H17N3O5/c17-13-6-7-19(16(21)18-13)8-12-9-22-14(24-12)10-23-15(20)11-4-2-1-3-5-11/h1-7,12,14H,8-10H2,(H2,17,18,21)/t12-,14+/m0/s1. The lowest BCUT2D eigenvalue weighted by Gasteiger charge is -2.13. The number of aromatic nitrogens is 2. The number of esters is 1. The molecule has 1 aliphatic heterocycles. The van der Waals surface area contributed by atoms with E-state index in [-0.39, 0.29) is 25.1 Å². The molecule has 0 saturated carbocycles. The highest BCUT2D eigenvalue weighted by atomic mass is 16.7. The molecule has 0 radical (unpaired) electrons. The van der Waals surface area contributed by atoms with E-state index in [2.05, 4.69) is 4.98 Å². The number of ether oxygens (including phenoxy) is 3. The molecule has 1 saturated heterocycles. The van der Waals surface area contributed by atoms with Gasteiger partial charge in [0.1, 0.15) is 18.5 Å². The van der Waals surface area contributed by atoms with Crippen LogP contribution in [0.5, 0.6) is 0 Å². The zero-order chi connectivity index (χ0) is 16.9. The second kappa shape index (κ2) is 7.24. The number of nitrogens with zero attached hydrogens (tertiary/aromatic N) is 2. The van der Waals surface area contributed by atoms with Crippen molar-refractivity contribution in [2.24, 2.45) is 0 Å². The molecule has 1 aromatic carbocycles. The number of anilines is 1. The van der Waals surface area contributed by atoms with Gasteiger partial charge >= 0.3 is 11.7 Å². The van der Waals surface area contributed by atoms with E-state index in [1.54, 1.807) is 30.5 Å². The molecule has 0 aliphatic carbocycles. The van der Waals surface area contributed by atoms with Gasteiger partial charge in [0.2, 0.25) is 0 Å². The van der Waals surface area contributed by atoms with E-state index in [4.69, 9.17) is 19.9 Å². The van der Waals surface area contributed by atoms with Crippen LogP contribution in [0.3, 0.4) is 0 Å². The van der Waals surface area contributed by atoms with Crippen molar-refractivity contribution in [3.05, 3.63) is 58.6 Å². The predicted octanol–water partition coefficient (Wildman–Crippen LogP) is 0.424. The lowest BCUT2D eigenvalue weighted by atomic mass is 10.2. The Labute approximate surface area is 137 Å². The first kappa shape index (κ1) is 16.2. The second-order valence-corrected chi connectivity index (χ2v) is 5.27. The van der Waals surface area contributed by atoms with Crippen molar-refractivity contribution in [1.29, 1.82) is 0 Å². The summed E-state index contributed by atoms with van der Waals surface area (Å²) < 4.78 is 17.6. The van der Waals surface area contributed by atoms with Gasteiger partial charge in [-0.2, -0.15) is 4.98 Å². The van der Waals surface area contributed by atoms with Gasteiger partial charge in [0.15, 0.2) is 6.29 Å². The Morgan fingerprint density at radius 3 is 2.88 bits per heavy atom. The van der Waals surface area contributed by atoms with Gasteiger partial charge in [-0.1, -0.05) is 18.2 Å². The number of hydrogen-bond acceptors (Lipinski definition) is 7. The van der Waals surface area contributed by atoms with Gasteiger partial charge in [-0.15, -0.1) is 0 Å². The van der Waals surface area contributed by atoms with Crippen LogP contribution in [0.4, 0.5) is 5.82 Å². The minimum absolute atomic E-state index is 0.0148. The van der Waals surface area contributed by atoms with Crippen LogP contribution < -0.4 is 11.4 Å². The molecule has 126 valence electrons. The highest BCUT2D eigenvalue weighted by Gasteiger charge is 2.27. The molecular weight excluding hydrogens is 314 g/mol. The molecule has 0 amide bonds. The minimum atomic E-state index is -0.653. The summed E-state index contributed by atoms with van der Waals surface area (Å²) in [7, 11) is 0. The van der Waals surface area contributed by atoms with Gasteiger partial charge in [0, 0.05) is 6.20 Å². The summed E-state index contributed by atoms with van der Waals surface area (Å²) in [4.78, 5) is 27.2. The summed E-state index contributed by atoms with van der Waals surface area (Å²) in [5.41, 5.74) is 5.46. The third-order valence-electron chi connectivity index (χ3n) is 3.47. The monoisotopic (exact) mass is 331 g/mol. The van der Waals surface area contributed by atoms with Gasteiger partial charge in [-0.25, -0.2) is 9.59 Å². The Balaban J connectivity index is 1.49. The number of carbonyl (C=O) groups excluding carboxylic acids is 1. The van der Waals surface area contributed by atoms with Crippen molar-refractivity contribution in [2.75, 3.05) is 18.9 Å². The predicted molar refractivity (Wildman–Crippen MR) is 84.2 cm³/mol. The molecule has 24 heavy (non-hydrogen) atoms. The van der Waals surface area contributed by atoms with Crippen LogP contribution in [-0.2, 0) is 20.8 Å².